The molecule has 2 aromatic heterocycles. The van der Waals surface area contributed by atoms with Crippen LogP contribution in [0.2, 0.25) is 0 Å². The summed E-state index contributed by atoms with van der Waals surface area (Å²) in [7, 11) is 0. The molecule has 0 atom stereocenters. The van der Waals surface area contributed by atoms with Gasteiger partial charge in [0.2, 0.25) is 13.4 Å². The minimum atomic E-state index is -0.251. The number of allylic oxidation sites excluding steroid dienone is 4. The van der Waals surface area contributed by atoms with Crippen molar-refractivity contribution in [2.75, 3.05) is 0 Å². The van der Waals surface area contributed by atoms with E-state index in [0.29, 0.717) is 6.42 Å². The van der Waals surface area contributed by atoms with E-state index in [1.807, 2.05) is 149 Å². The van der Waals surface area contributed by atoms with Gasteiger partial charge in [0, 0.05) is 99.6 Å². The molecule has 0 spiro atoms. The van der Waals surface area contributed by atoms with Crippen molar-refractivity contribution in [1.29, 1.82) is 0 Å². The van der Waals surface area contributed by atoms with Crippen molar-refractivity contribution in [3.05, 3.63) is 218 Å². The molecule has 0 bridgehead atoms. The summed E-state index contributed by atoms with van der Waals surface area (Å²) >= 11 is 0. The Hall–Kier alpha value is -7.63. The van der Waals surface area contributed by atoms with Crippen molar-refractivity contribution in [2.45, 2.75) is 6.42 Å². The topological polar surface area (TPSA) is 72.6 Å². The number of aromatic nitrogens is 4. The molecule has 71 heavy (non-hydrogen) atoms. The Kier molecular flexibility index (Phi) is 10.4. The summed E-state index contributed by atoms with van der Waals surface area (Å²) in [5, 5.41) is 9.47. The van der Waals surface area contributed by atoms with E-state index in [0.717, 1.165) is 135 Å². The van der Waals surface area contributed by atoms with Crippen molar-refractivity contribution in [3.8, 4) is 79.6 Å². The van der Waals surface area contributed by atoms with E-state index < -0.39 is 0 Å². The smallest absolute Gasteiger partial charge is 0.214 e. The predicted octanol–water partition coefficient (Wildman–Crippen LogP) is 8.52. The third kappa shape index (κ3) is 7.06. The Labute approximate surface area is 438 Å². The van der Waals surface area contributed by atoms with Gasteiger partial charge in [0.25, 0.3) is 0 Å². The molecule has 0 amide bonds. The van der Waals surface area contributed by atoms with Crippen LogP contribution in [0.5, 0.6) is 46.0 Å². The van der Waals surface area contributed by atoms with Crippen LogP contribution in [0.4, 0.5) is 0 Å². The normalized spacial score (nSPS) is 13.6. The van der Waals surface area contributed by atoms with Crippen molar-refractivity contribution < 1.29 is 61.1 Å². The van der Waals surface area contributed by atoms with Crippen LogP contribution in [-0.4, -0.2) is 33.0 Å². The van der Waals surface area contributed by atoms with Crippen LogP contribution in [0, 0.1) is 36.4 Å². The molecule has 6 heterocycles. The van der Waals surface area contributed by atoms with E-state index in [1.54, 1.807) is 0 Å². The van der Waals surface area contributed by atoms with E-state index in [2.05, 4.69) is 66.7 Å². The largest absolute Gasteiger partial charge is 0.518 e. The van der Waals surface area contributed by atoms with Crippen LogP contribution >= 0.6 is 0 Å². The van der Waals surface area contributed by atoms with E-state index >= 15 is 0 Å². The molecule has 0 N–H and O–H groups in total. The molecule has 0 unspecified atom stereocenters. The number of nitrogens with zero attached hydrogens (tertiary/aromatic N) is 4. The number of hydrogen-bond acceptors (Lipinski definition) is 6. The van der Waals surface area contributed by atoms with Gasteiger partial charge in [-0.3, -0.25) is 27.1 Å². The molecule has 5 aliphatic rings. The summed E-state index contributed by atoms with van der Waals surface area (Å²) in [6, 6.07) is 63.6. The summed E-state index contributed by atoms with van der Waals surface area (Å²) in [6.45, 7) is -0.495. The molecule has 12 heteroatoms. The number of fused-ring (bicyclic) bond motifs is 8. The third-order valence-corrected chi connectivity index (χ3v) is 13.6. The first-order valence-electron chi connectivity index (χ1n) is 22.8. The van der Waals surface area contributed by atoms with Crippen LogP contribution in [-0.2, 0) is 42.1 Å². The number of ether oxygens (including phenoxy) is 4. The maximum absolute atomic E-state index is 6.58. The molecule has 1 aliphatic carbocycles. The Morgan fingerprint density at radius 2 is 0.831 bits per heavy atom. The van der Waals surface area contributed by atoms with Gasteiger partial charge in [0.1, 0.15) is 23.0 Å². The minimum Gasteiger partial charge on any atom is -0.518 e. The molecule has 0 saturated carbocycles. The molecule has 4 aliphatic heterocycles. The molecule has 15 rings (SSSR count). The number of hydrogen-bond donors (Lipinski definition) is 0. The SMILES string of the molecule is [C-]1=C(c2[c-]c3c(cc2)Oc2cccc4c2B3c2[c-]c(-n3cc(-c5ccccc5)cn3)ccc2O4)[C-]=C(c2[c-]c3c(cc2)Oc2cccc4c2B3c2[c-]c(-n3cc(-c5ccccc5)cn3)ccc2O4)C1.[Pt].[Pt]. The second kappa shape index (κ2) is 17.1. The zero-order chi connectivity index (χ0) is 45.2. The fraction of sp³-hybridized carbons (Fsp3) is 0.0169. The minimum absolute atomic E-state index is 0. The Bertz CT molecular complexity index is 3840. The summed E-state index contributed by atoms with van der Waals surface area (Å²) in [4.78, 5) is 0. The predicted molar refractivity (Wildman–Crippen MR) is 267 cm³/mol. The van der Waals surface area contributed by atoms with Gasteiger partial charge < -0.3 is 42.2 Å². The molecule has 0 fully saturated rings. The number of rotatable bonds is 6. The van der Waals surface area contributed by atoms with Crippen molar-refractivity contribution >= 4 is 57.3 Å². The van der Waals surface area contributed by atoms with Crippen LogP contribution in [0.15, 0.2) is 170 Å². The Morgan fingerprint density at radius 3 is 1.31 bits per heavy atom. The molecule has 10 aromatic rings. The average Bonchev–Trinajstić information content (AvgIpc) is 4.22. The monoisotopic (exact) mass is 1270 g/mol. The standard InChI is InChI=1S/C59H30B2N4O4.2Pt/c1-3-9-36(10-4-1)42-32-62-64(34-42)44-21-25-52-48(30-44)60-46-28-40(19-23-50(46)66-54-13-7-15-56(68-52)58(54)60)38-17-18-39(27-38)41-20-24-51-47(29-41)61-49-31-45(65-35-43(33-63-65)37-11-5-2-6-12-37)22-26-53(49)69-57-16-8-14-55(67-51)59(57)61;;/h1-16,19-26,32-35H,17H2;;/q-6;;. The van der Waals surface area contributed by atoms with Crippen molar-refractivity contribution in [1.82, 2.24) is 19.6 Å². The first-order chi connectivity index (χ1) is 34.1. The van der Waals surface area contributed by atoms with Gasteiger partial charge in [-0.25, -0.2) is 0 Å². The first-order valence-corrected chi connectivity index (χ1v) is 22.8. The van der Waals surface area contributed by atoms with E-state index in [4.69, 9.17) is 29.1 Å². The maximum Gasteiger partial charge on any atom is 0.214 e. The molecule has 342 valence electrons. The second-order valence-corrected chi connectivity index (χ2v) is 17.6. The zero-order valence-corrected chi connectivity index (χ0v) is 41.6. The van der Waals surface area contributed by atoms with Crippen LogP contribution in [0.1, 0.15) is 17.5 Å². The average molecular weight is 1270 g/mol. The molecule has 8 aromatic carbocycles. The van der Waals surface area contributed by atoms with Crippen molar-refractivity contribution in [3.63, 3.8) is 0 Å². The van der Waals surface area contributed by atoms with Gasteiger partial charge in [0.05, 0.1) is 12.4 Å². The first kappa shape index (κ1) is 43.4. The second-order valence-electron chi connectivity index (χ2n) is 17.6. The van der Waals surface area contributed by atoms with Gasteiger partial charge in [-0.1, -0.05) is 72.8 Å². The van der Waals surface area contributed by atoms with Crippen LogP contribution in [0.25, 0.3) is 44.8 Å². The molecular formula is C59H30B2N4O4Pt2-6. The van der Waals surface area contributed by atoms with Gasteiger partial charge >= 0.3 is 0 Å². The zero-order valence-electron chi connectivity index (χ0n) is 37.1. The number of benzene rings is 8. The Morgan fingerprint density at radius 1 is 0.408 bits per heavy atom. The quantitative estimate of drug-likeness (QED) is 0.123. The van der Waals surface area contributed by atoms with Gasteiger partial charge in [-0.05, 0) is 46.8 Å². The molecule has 0 saturated heterocycles. The summed E-state index contributed by atoms with van der Waals surface area (Å²) < 4.78 is 29.9. The van der Waals surface area contributed by atoms with Gasteiger partial charge in [-0.2, -0.15) is 34.3 Å². The van der Waals surface area contributed by atoms with E-state index in [-0.39, 0.29) is 55.6 Å². The van der Waals surface area contributed by atoms with E-state index in [9.17, 15) is 0 Å². The van der Waals surface area contributed by atoms with Gasteiger partial charge in [-0.15, -0.1) is 70.4 Å². The Balaban J connectivity index is 0.00000246. The fourth-order valence-electron chi connectivity index (χ4n) is 10.3. The summed E-state index contributed by atoms with van der Waals surface area (Å²) in [5.74, 6) is 5.96. The molecule has 0 radical (unpaired) electrons. The van der Waals surface area contributed by atoms with E-state index in [1.165, 1.54) is 0 Å². The van der Waals surface area contributed by atoms with Gasteiger partial charge in [0.15, 0.2) is 0 Å². The third-order valence-electron chi connectivity index (χ3n) is 13.6. The van der Waals surface area contributed by atoms with Crippen molar-refractivity contribution in [2.24, 2.45) is 0 Å². The molecule has 8 nitrogen and oxygen atoms in total. The summed E-state index contributed by atoms with van der Waals surface area (Å²) in [6.07, 6.45) is 15.7. The van der Waals surface area contributed by atoms with Crippen LogP contribution in [0.3, 0.4) is 0 Å². The van der Waals surface area contributed by atoms with Crippen LogP contribution < -0.4 is 51.7 Å². The fourth-order valence-corrected chi connectivity index (χ4v) is 10.3. The molecular weight excluding hydrogens is 1240 g/mol. The summed E-state index contributed by atoms with van der Waals surface area (Å²) in [5.41, 5.74) is 14.9. The maximum atomic E-state index is 6.58.